The van der Waals surface area contributed by atoms with Crippen molar-refractivity contribution in [1.29, 1.82) is 0 Å². The fraction of sp³-hybridized carbons (Fsp3) is 0.522. The molecule has 2 aliphatic rings. The van der Waals surface area contributed by atoms with Gasteiger partial charge in [0.05, 0.1) is 11.7 Å². The highest BCUT2D eigenvalue weighted by Gasteiger charge is 2.45. The van der Waals surface area contributed by atoms with Gasteiger partial charge in [0.2, 0.25) is 6.10 Å². The zero-order chi connectivity index (χ0) is 23.0. The van der Waals surface area contributed by atoms with Crippen LogP contribution in [0.3, 0.4) is 0 Å². The summed E-state index contributed by atoms with van der Waals surface area (Å²) < 4.78 is 57.1. The Morgan fingerprint density at radius 1 is 1.10 bits per heavy atom. The molecule has 0 saturated carbocycles. The summed E-state index contributed by atoms with van der Waals surface area (Å²) >= 11 is 0. The molecular weight excluding hydrogens is 413 g/mol. The first-order chi connectivity index (χ1) is 14.4. The van der Waals surface area contributed by atoms with Gasteiger partial charge in [-0.2, -0.15) is 13.2 Å². The molecule has 0 aromatic heterocycles. The summed E-state index contributed by atoms with van der Waals surface area (Å²) in [6.07, 6.45) is -3.95. The number of fused-ring (bicyclic) bond motifs is 2. The van der Waals surface area contributed by atoms with Crippen LogP contribution in [-0.2, 0) is 14.2 Å². The van der Waals surface area contributed by atoms with Crippen LogP contribution in [0.4, 0.5) is 13.2 Å². The minimum Gasteiger partial charge on any atom is -0.449 e. The second kappa shape index (κ2) is 8.76. The number of hydrogen-bond acceptors (Lipinski definition) is 5. The average molecular weight is 440 g/mol. The van der Waals surface area contributed by atoms with E-state index in [1.807, 2.05) is 6.92 Å². The third-order valence-corrected chi connectivity index (χ3v) is 5.24. The Labute approximate surface area is 179 Å². The Kier molecular flexibility index (Phi) is 6.64. The van der Waals surface area contributed by atoms with Crippen LogP contribution >= 0.6 is 0 Å². The van der Waals surface area contributed by atoms with E-state index in [1.54, 1.807) is 45.1 Å². The summed E-state index contributed by atoms with van der Waals surface area (Å²) in [5, 5.41) is 10.5. The number of carbonyl (C=O) groups is 1. The van der Waals surface area contributed by atoms with Crippen LogP contribution in [-0.4, -0.2) is 47.5 Å². The molecule has 0 aliphatic carbocycles. The maximum atomic E-state index is 13.5. The summed E-state index contributed by atoms with van der Waals surface area (Å²) in [5.41, 5.74) is 1.95. The van der Waals surface area contributed by atoms with Crippen molar-refractivity contribution in [3.8, 4) is 0 Å². The molecule has 1 aromatic rings. The highest BCUT2D eigenvalue weighted by atomic mass is 19.4. The first-order valence-electron chi connectivity index (χ1n) is 10.1. The van der Waals surface area contributed by atoms with Crippen molar-refractivity contribution in [2.75, 3.05) is 0 Å². The van der Waals surface area contributed by atoms with E-state index in [0.29, 0.717) is 17.5 Å². The van der Waals surface area contributed by atoms with Gasteiger partial charge in [-0.1, -0.05) is 42.0 Å². The molecule has 31 heavy (non-hydrogen) atoms. The highest BCUT2D eigenvalue weighted by Crippen LogP contribution is 2.34. The molecule has 1 unspecified atom stereocenters. The van der Waals surface area contributed by atoms with Crippen molar-refractivity contribution >= 4 is 12.0 Å². The lowest BCUT2D eigenvalue weighted by Crippen LogP contribution is -2.35. The maximum absolute atomic E-state index is 13.5. The third kappa shape index (κ3) is 5.56. The minimum atomic E-state index is -4.76. The molecule has 0 radical (unpaired) electrons. The molecule has 2 aliphatic heterocycles. The molecular formula is C23H27F3O5. The van der Waals surface area contributed by atoms with E-state index in [-0.39, 0.29) is 5.56 Å². The van der Waals surface area contributed by atoms with Crippen LogP contribution in [0.5, 0.6) is 0 Å². The van der Waals surface area contributed by atoms with Crippen molar-refractivity contribution in [2.45, 2.75) is 76.9 Å². The first-order valence-corrected chi connectivity index (χ1v) is 10.1. The van der Waals surface area contributed by atoms with Gasteiger partial charge in [-0.25, -0.2) is 4.79 Å². The predicted octanol–water partition coefficient (Wildman–Crippen LogP) is 4.64. The van der Waals surface area contributed by atoms with Crippen LogP contribution in [0, 0.1) is 13.8 Å². The quantitative estimate of drug-likeness (QED) is 0.471. The zero-order valence-corrected chi connectivity index (χ0v) is 17.9. The number of carbonyl (C=O) groups excluding carboxylic acids is 1. The van der Waals surface area contributed by atoms with Gasteiger partial charge in [-0.15, -0.1) is 0 Å². The SMILES string of the molecule is Cc1cc(C)c2c(c1)/C=C/C[C@@H]1OC(C)(C)O[C@@H]1C(O)/C=C\C[C@H](C(F)(F)F)OC2=O. The molecule has 170 valence electrons. The molecule has 2 heterocycles. The van der Waals surface area contributed by atoms with E-state index in [0.717, 1.165) is 11.6 Å². The summed E-state index contributed by atoms with van der Waals surface area (Å²) in [7, 11) is 0. The Morgan fingerprint density at radius 2 is 1.81 bits per heavy atom. The number of cyclic esters (lactones) is 1. The molecule has 3 rings (SSSR count). The third-order valence-electron chi connectivity index (χ3n) is 5.24. The predicted molar refractivity (Wildman–Crippen MR) is 108 cm³/mol. The van der Waals surface area contributed by atoms with Gasteiger partial charge in [-0.3, -0.25) is 0 Å². The molecule has 1 saturated heterocycles. The zero-order valence-electron chi connectivity index (χ0n) is 17.9. The number of alkyl halides is 3. The largest absolute Gasteiger partial charge is 0.449 e. The number of ether oxygens (including phenoxy) is 3. The summed E-state index contributed by atoms with van der Waals surface area (Å²) in [5.74, 6) is -1.98. The van der Waals surface area contributed by atoms with E-state index in [2.05, 4.69) is 0 Å². The number of aliphatic hydroxyl groups is 1. The lowest BCUT2D eigenvalue weighted by Gasteiger charge is -2.22. The second-order valence-electron chi connectivity index (χ2n) is 8.41. The van der Waals surface area contributed by atoms with E-state index in [1.165, 1.54) is 6.08 Å². The Balaban J connectivity index is 2.04. The maximum Gasteiger partial charge on any atom is 0.425 e. The van der Waals surface area contributed by atoms with Gasteiger partial charge in [0.1, 0.15) is 12.2 Å². The van der Waals surface area contributed by atoms with E-state index < -0.39 is 48.8 Å². The van der Waals surface area contributed by atoms with Crippen molar-refractivity contribution in [1.82, 2.24) is 0 Å². The molecule has 4 atom stereocenters. The van der Waals surface area contributed by atoms with E-state index >= 15 is 0 Å². The van der Waals surface area contributed by atoms with Crippen LogP contribution < -0.4 is 0 Å². The van der Waals surface area contributed by atoms with Crippen LogP contribution in [0.15, 0.2) is 30.4 Å². The fourth-order valence-electron chi connectivity index (χ4n) is 3.96. The van der Waals surface area contributed by atoms with Crippen molar-refractivity contribution in [3.05, 3.63) is 52.6 Å². The molecule has 0 bridgehead atoms. The highest BCUT2D eigenvalue weighted by molar-refractivity contribution is 5.95. The number of aryl methyl sites for hydroxylation is 2. The van der Waals surface area contributed by atoms with Crippen molar-refractivity contribution < 1.29 is 37.3 Å². The molecule has 1 N–H and O–H groups in total. The van der Waals surface area contributed by atoms with Gasteiger partial charge in [0.25, 0.3) is 0 Å². The monoisotopic (exact) mass is 440 g/mol. The van der Waals surface area contributed by atoms with Gasteiger partial charge in [-0.05, 0) is 45.2 Å². The summed E-state index contributed by atoms with van der Waals surface area (Å²) in [6, 6.07) is 3.44. The Hall–Kier alpha value is -2.16. The van der Waals surface area contributed by atoms with Crippen molar-refractivity contribution in [2.24, 2.45) is 0 Å². The minimum absolute atomic E-state index is 0.0950. The average Bonchev–Trinajstić information content (AvgIpc) is 2.93. The van der Waals surface area contributed by atoms with Gasteiger partial charge >= 0.3 is 12.1 Å². The standard InChI is InChI=1S/C23H27F3O5/c1-13-11-14(2)19-15(12-13)7-5-9-17-20(31-22(3,4)30-17)16(27)8-6-10-18(23(24,25)26)29-21(19)28/h5-8,11-12,16-18,20,27H,9-10H2,1-4H3/b7-5+,8-6-/t16?,17-,18+,20+/m0/s1. The lowest BCUT2D eigenvalue weighted by atomic mass is 9.97. The number of benzene rings is 1. The Morgan fingerprint density at radius 3 is 2.48 bits per heavy atom. The van der Waals surface area contributed by atoms with Gasteiger partial charge in [0.15, 0.2) is 5.79 Å². The smallest absolute Gasteiger partial charge is 0.425 e. The van der Waals surface area contributed by atoms with E-state index in [4.69, 9.17) is 14.2 Å². The normalized spacial score (nSPS) is 31.2. The number of hydrogen-bond donors (Lipinski definition) is 1. The topological polar surface area (TPSA) is 65.0 Å². The number of rotatable bonds is 0. The first kappa shape index (κ1) is 23.5. The van der Waals surface area contributed by atoms with Crippen molar-refractivity contribution in [3.63, 3.8) is 0 Å². The fourth-order valence-corrected chi connectivity index (χ4v) is 3.96. The van der Waals surface area contributed by atoms with Crippen LogP contribution in [0.1, 0.15) is 53.7 Å². The molecule has 1 fully saturated rings. The Bertz CT molecular complexity index is 888. The molecule has 0 amide bonds. The molecule has 0 spiro atoms. The number of esters is 1. The van der Waals surface area contributed by atoms with Crippen LogP contribution in [0.25, 0.3) is 6.08 Å². The number of halogens is 3. The number of aliphatic hydroxyl groups excluding tert-OH is 1. The lowest BCUT2D eigenvalue weighted by molar-refractivity contribution is -0.203. The summed E-state index contributed by atoms with van der Waals surface area (Å²) in [4.78, 5) is 12.7. The molecule has 5 nitrogen and oxygen atoms in total. The van der Waals surface area contributed by atoms with Gasteiger partial charge in [0, 0.05) is 6.42 Å². The van der Waals surface area contributed by atoms with E-state index in [9.17, 15) is 23.1 Å². The van der Waals surface area contributed by atoms with Crippen LogP contribution in [0.2, 0.25) is 0 Å². The second-order valence-corrected chi connectivity index (χ2v) is 8.41. The molecule has 8 heteroatoms. The van der Waals surface area contributed by atoms with Gasteiger partial charge < -0.3 is 19.3 Å². The summed E-state index contributed by atoms with van der Waals surface area (Å²) in [6.45, 7) is 6.92. The molecule has 1 aromatic carbocycles.